The van der Waals surface area contributed by atoms with Crippen molar-refractivity contribution in [3.63, 3.8) is 0 Å². The van der Waals surface area contributed by atoms with Crippen molar-refractivity contribution in [3.05, 3.63) is 34.6 Å². The maximum Gasteiger partial charge on any atom is 0.355 e. The average molecular weight is 311 g/mol. The summed E-state index contributed by atoms with van der Waals surface area (Å²) in [7, 11) is 3.22. The molecule has 1 N–H and O–H groups in total. The van der Waals surface area contributed by atoms with Gasteiger partial charge in [0.15, 0.2) is 5.69 Å². The molecule has 0 saturated heterocycles. The smallest absolute Gasteiger partial charge is 0.355 e. The molecule has 1 aromatic heterocycles. The zero-order valence-corrected chi connectivity index (χ0v) is 11.4. The van der Waals surface area contributed by atoms with Crippen LogP contribution in [-0.4, -0.2) is 27.7 Å². The zero-order chi connectivity index (χ0) is 13.3. The monoisotopic (exact) mass is 310 g/mol. The first-order valence-corrected chi connectivity index (χ1v) is 5.94. The summed E-state index contributed by atoms with van der Waals surface area (Å²) in [5.74, 6) is 0.157. The lowest BCUT2D eigenvalue weighted by Gasteiger charge is -2.08. The van der Waals surface area contributed by atoms with Gasteiger partial charge in [-0.2, -0.15) is 0 Å². The number of imidazole rings is 1. The molecule has 0 fully saturated rings. The van der Waals surface area contributed by atoms with Crippen LogP contribution in [0.25, 0.3) is 11.4 Å². The summed E-state index contributed by atoms with van der Waals surface area (Å²) in [6.45, 7) is 0. The molecule has 0 bridgehead atoms. The highest BCUT2D eigenvalue weighted by Gasteiger charge is 2.21. The zero-order valence-electron chi connectivity index (χ0n) is 9.85. The van der Waals surface area contributed by atoms with E-state index in [1.54, 1.807) is 20.2 Å². The quantitative estimate of drug-likeness (QED) is 0.946. The van der Waals surface area contributed by atoms with Crippen molar-refractivity contribution in [3.8, 4) is 17.1 Å². The molecule has 0 amide bonds. The molecule has 1 aromatic carbocycles. The van der Waals surface area contributed by atoms with E-state index in [0.29, 0.717) is 16.2 Å². The van der Waals surface area contributed by atoms with Crippen LogP contribution in [0.2, 0.25) is 0 Å². The molecule has 0 aliphatic rings. The predicted octanol–water partition coefficient (Wildman–Crippen LogP) is 2.56. The molecule has 0 atom stereocenters. The van der Waals surface area contributed by atoms with Crippen LogP contribution in [0.3, 0.4) is 0 Å². The molecule has 0 aliphatic heterocycles. The van der Waals surface area contributed by atoms with E-state index in [4.69, 9.17) is 9.84 Å². The number of methoxy groups -OCH3 is 1. The molecule has 0 spiro atoms. The lowest BCUT2D eigenvalue weighted by Crippen LogP contribution is -2.06. The predicted molar refractivity (Wildman–Crippen MR) is 69.9 cm³/mol. The lowest BCUT2D eigenvalue weighted by molar-refractivity contribution is 0.0685. The maximum absolute atomic E-state index is 11.1. The number of ether oxygens (including phenoxy) is 1. The number of nitrogens with zero attached hydrogens (tertiary/aromatic N) is 2. The van der Waals surface area contributed by atoms with Crippen LogP contribution in [0.4, 0.5) is 0 Å². The fourth-order valence-corrected chi connectivity index (χ4v) is 2.37. The van der Waals surface area contributed by atoms with Gasteiger partial charge in [0.05, 0.1) is 12.7 Å². The molecule has 0 unspecified atom stereocenters. The van der Waals surface area contributed by atoms with E-state index in [-0.39, 0.29) is 5.69 Å². The van der Waals surface area contributed by atoms with Gasteiger partial charge in [-0.1, -0.05) is 12.1 Å². The maximum atomic E-state index is 11.1. The third kappa shape index (κ3) is 1.99. The minimum Gasteiger partial charge on any atom is -0.496 e. The number of benzene rings is 1. The van der Waals surface area contributed by atoms with Crippen LogP contribution in [0.1, 0.15) is 10.5 Å². The molecular weight excluding hydrogens is 300 g/mol. The molecule has 2 rings (SSSR count). The Hall–Kier alpha value is -1.82. The third-order valence-electron chi connectivity index (χ3n) is 2.60. The van der Waals surface area contributed by atoms with Gasteiger partial charge in [0.25, 0.3) is 0 Å². The van der Waals surface area contributed by atoms with Crippen LogP contribution in [0.5, 0.6) is 5.75 Å². The molecule has 5 nitrogen and oxygen atoms in total. The first kappa shape index (κ1) is 12.6. The molecule has 18 heavy (non-hydrogen) atoms. The first-order valence-electron chi connectivity index (χ1n) is 5.15. The van der Waals surface area contributed by atoms with E-state index in [2.05, 4.69) is 20.9 Å². The van der Waals surface area contributed by atoms with E-state index in [0.717, 1.165) is 5.56 Å². The summed E-state index contributed by atoms with van der Waals surface area (Å²) in [5, 5.41) is 9.11. The van der Waals surface area contributed by atoms with Gasteiger partial charge in [0, 0.05) is 7.05 Å². The van der Waals surface area contributed by atoms with E-state index < -0.39 is 5.97 Å². The van der Waals surface area contributed by atoms with Crippen molar-refractivity contribution in [2.45, 2.75) is 0 Å². The molecule has 0 radical (unpaired) electrons. The van der Waals surface area contributed by atoms with Crippen LogP contribution in [0.15, 0.2) is 28.9 Å². The van der Waals surface area contributed by atoms with Gasteiger partial charge in [-0.3, -0.25) is 0 Å². The highest BCUT2D eigenvalue weighted by Crippen LogP contribution is 2.31. The molecular formula is C12H11BrN2O3. The number of carbonyl (C=O) groups is 1. The Balaban J connectivity index is 2.65. The molecule has 0 saturated carbocycles. The van der Waals surface area contributed by atoms with Gasteiger partial charge in [0.2, 0.25) is 0 Å². The number of para-hydroxylation sites is 1. The van der Waals surface area contributed by atoms with Gasteiger partial charge in [0.1, 0.15) is 16.2 Å². The summed E-state index contributed by atoms with van der Waals surface area (Å²) < 4.78 is 7.07. The second-order valence-electron chi connectivity index (χ2n) is 3.64. The van der Waals surface area contributed by atoms with Crippen LogP contribution in [0, 0.1) is 0 Å². The standard InChI is InChI=1S/C12H11BrN2O3/c1-15-9(12(16)17)10(13)14-11(15)7-5-3-4-6-8(7)18-2/h3-6H,1-2H3,(H,16,17). The van der Waals surface area contributed by atoms with Crippen molar-refractivity contribution in [2.24, 2.45) is 7.05 Å². The normalized spacial score (nSPS) is 10.4. The highest BCUT2D eigenvalue weighted by molar-refractivity contribution is 9.10. The number of aromatic nitrogens is 2. The van der Waals surface area contributed by atoms with E-state index in [1.807, 2.05) is 18.2 Å². The van der Waals surface area contributed by atoms with Crippen molar-refractivity contribution < 1.29 is 14.6 Å². The Bertz CT molecular complexity index is 607. The molecule has 94 valence electrons. The number of hydrogen-bond acceptors (Lipinski definition) is 3. The van der Waals surface area contributed by atoms with E-state index >= 15 is 0 Å². The Morgan fingerprint density at radius 2 is 2.11 bits per heavy atom. The number of hydrogen-bond donors (Lipinski definition) is 1. The highest BCUT2D eigenvalue weighted by atomic mass is 79.9. The van der Waals surface area contributed by atoms with Crippen molar-refractivity contribution in [1.29, 1.82) is 0 Å². The molecule has 0 aliphatic carbocycles. The number of carboxylic acids is 1. The number of aromatic carboxylic acids is 1. The number of halogens is 1. The summed E-state index contributed by atoms with van der Waals surface area (Å²) in [6, 6.07) is 7.33. The summed E-state index contributed by atoms with van der Waals surface area (Å²) in [6.07, 6.45) is 0. The number of rotatable bonds is 3. The van der Waals surface area contributed by atoms with Gasteiger partial charge >= 0.3 is 5.97 Å². The third-order valence-corrected chi connectivity index (χ3v) is 3.16. The fraction of sp³-hybridized carbons (Fsp3) is 0.167. The van der Waals surface area contributed by atoms with Crippen LogP contribution < -0.4 is 4.74 Å². The fourth-order valence-electron chi connectivity index (χ4n) is 1.77. The second-order valence-corrected chi connectivity index (χ2v) is 4.39. The van der Waals surface area contributed by atoms with E-state index in [9.17, 15) is 4.79 Å². The number of carboxylic acid groups (broad SMARTS) is 1. The Labute approximate surface area is 112 Å². The SMILES string of the molecule is COc1ccccc1-c1nc(Br)c(C(=O)O)n1C. The topological polar surface area (TPSA) is 64.3 Å². The Morgan fingerprint density at radius 3 is 2.67 bits per heavy atom. The second kappa shape index (κ2) is 4.81. The van der Waals surface area contributed by atoms with Crippen molar-refractivity contribution in [1.82, 2.24) is 9.55 Å². The Kier molecular flexibility index (Phi) is 3.38. The summed E-state index contributed by atoms with van der Waals surface area (Å²) >= 11 is 3.16. The van der Waals surface area contributed by atoms with Crippen LogP contribution in [-0.2, 0) is 7.05 Å². The minimum atomic E-state index is -1.03. The van der Waals surface area contributed by atoms with E-state index in [1.165, 1.54) is 4.57 Å². The molecule has 6 heteroatoms. The van der Waals surface area contributed by atoms with Crippen LogP contribution >= 0.6 is 15.9 Å². The van der Waals surface area contributed by atoms with Gasteiger partial charge in [-0.15, -0.1) is 0 Å². The summed E-state index contributed by atoms with van der Waals surface area (Å²) in [5.41, 5.74) is 0.853. The minimum absolute atomic E-state index is 0.107. The van der Waals surface area contributed by atoms with Crippen molar-refractivity contribution in [2.75, 3.05) is 7.11 Å². The first-order chi connectivity index (χ1) is 8.56. The van der Waals surface area contributed by atoms with Gasteiger partial charge < -0.3 is 14.4 Å². The molecule has 2 aromatic rings. The van der Waals surface area contributed by atoms with Gasteiger partial charge in [-0.25, -0.2) is 9.78 Å². The average Bonchev–Trinajstić information content (AvgIpc) is 2.64. The largest absolute Gasteiger partial charge is 0.496 e. The Morgan fingerprint density at radius 1 is 1.44 bits per heavy atom. The van der Waals surface area contributed by atoms with Gasteiger partial charge in [-0.05, 0) is 28.1 Å². The molecule has 1 heterocycles. The van der Waals surface area contributed by atoms with Crippen molar-refractivity contribution >= 4 is 21.9 Å². The lowest BCUT2D eigenvalue weighted by atomic mass is 10.2. The summed E-state index contributed by atoms with van der Waals surface area (Å²) in [4.78, 5) is 15.3.